The first-order valence-corrected chi connectivity index (χ1v) is 11.5. The van der Waals surface area contributed by atoms with E-state index in [0.29, 0.717) is 25.9 Å². The van der Waals surface area contributed by atoms with Crippen LogP contribution in [0.5, 0.6) is 11.5 Å². The van der Waals surface area contributed by atoms with Crippen molar-refractivity contribution in [1.29, 1.82) is 0 Å². The second kappa shape index (κ2) is 9.17. The maximum absolute atomic E-state index is 13.8. The molecule has 1 spiro atoms. The van der Waals surface area contributed by atoms with Gasteiger partial charge >= 0.3 is 6.09 Å². The minimum Gasteiger partial charge on any atom is -0.507 e. The SMILES string of the molecule is CC(C)(C)OC(=O)N1CCC2(CC1)CC(=O)c1cc(C(=O)/C=C/c3ccccc3F)c(O)cc1O2. The molecule has 0 aliphatic carbocycles. The maximum Gasteiger partial charge on any atom is 0.410 e. The number of ketones is 2. The molecular formula is C27H28FNO6. The van der Waals surface area contributed by atoms with Crippen molar-refractivity contribution < 1.29 is 33.4 Å². The van der Waals surface area contributed by atoms with Gasteiger partial charge in [0, 0.05) is 37.6 Å². The van der Waals surface area contributed by atoms with Gasteiger partial charge in [-0.25, -0.2) is 9.18 Å². The van der Waals surface area contributed by atoms with Crippen molar-refractivity contribution in [3.8, 4) is 11.5 Å². The lowest BCUT2D eigenvalue weighted by Crippen LogP contribution is -2.53. The van der Waals surface area contributed by atoms with Gasteiger partial charge in [0.05, 0.1) is 17.5 Å². The predicted octanol–water partition coefficient (Wildman–Crippen LogP) is 5.16. The van der Waals surface area contributed by atoms with E-state index >= 15 is 0 Å². The minimum absolute atomic E-state index is 0.0658. The smallest absolute Gasteiger partial charge is 0.410 e. The Bertz CT molecular complexity index is 1200. The third-order valence-corrected chi connectivity index (χ3v) is 6.12. The average Bonchev–Trinajstić information content (AvgIpc) is 2.77. The molecule has 0 unspecified atom stereocenters. The molecule has 2 aliphatic heterocycles. The van der Waals surface area contributed by atoms with Crippen molar-refractivity contribution in [1.82, 2.24) is 4.90 Å². The molecule has 2 aromatic rings. The predicted molar refractivity (Wildman–Crippen MR) is 127 cm³/mol. The number of carbonyl (C=O) groups excluding carboxylic acids is 3. The zero-order valence-corrected chi connectivity index (χ0v) is 20.0. The molecule has 2 heterocycles. The summed E-state index contributed by atoms with van der Waals surface area (Å²) in [5.41, 5.74) is -1.00. The number of ether oxygens (including phenoxy) is 2. The van der Waals surface area contributed by atoms with Gasteiger partial charge in [-0.05, 0) is 45.1 Å². The van der Waals surface area contributed by atoms with Gasteiger partial charge in [-0.15, -0.1) is 0 Å². The van der Waals surface area contributed by atoms with Crippen molar-refractivity contribution in [3.05, 3.63) is 65.0 Å². The Hall–Kier alpha value is -3.68. The van der Waals surface area contributed by atoms with Crippen LogP contribution < -0.4 is 4.74 Å². The van der Waals surface area contributed by atoms with Crippen LogP contribution in [-0.2, 0) is 4.74 Å². The third-order valence-electron chi connectivity index (χ3n) is 6.12. The van der Waals surface area contributed by atoms with Gasteiger partial charge in [0.1, 0.15) is 28.5 Å². The number of amides is 1. The van der Waals surface area contributed by atoms with Gasteiger partial charge in [-0.2, -0.15) is 0 Å². The van der Waals surface area contributed by atoms with E-state index in [1.165, 1.54) is 30.3 Å². The van der Waals surface area contributed by atoms with E-state index in [-0.39, 0.29) is 40.4 Å². The van der Waals surface area contributed by atoms with Crippen molar-refractivity contribution >= 4 is 23.7 Å². The molecule has 184 valence electrons. The summed E-state index contributed by atoms with van der Waals surface area (Å²) in [6.45, 7) is 6.16. The second-order valence-electron chi connectivity index (χ2n) is 9.94. The van der Waals surface area contributed by atoms with Gasteiger partial charge < -0.3 is 19.5 Å². The largest absolute Gasteiger partial charge is 0.507 e. The number of Topliss-reactive ketones (excluding diaryl/α,β-unsaturated/α-hetero) is 1. The molecule has 0 atom stereocenters. The van der Waals surface area contributed by atoms with Crippen molar-refractivity contribution in [2.45, 2.75) is 51.2 Å². The highest BCUT2D eigenvalue weighted by molar-refractivity contribution is 6.11. The van der Waals surface area contributed by atoms with E-state index in [9.17, 15) is 23.9 Å². The number of hydrogen-bond acceptors (Lipinski definition) is 6. The lowest BCUT2D eigenvalue weighted by molar-refractivity contribution is -0.0226. The number of benzene rings is 2. The third kappa shape index (κ3) is 5.37. The Morgan fingerprint density at radius 2 is 1.86 bits per heavy atom. The monoisotopic (exact) mass is 481 g/mol. The van der Waals surface area contributed by atoms with Crippen LogP contribution in [0.4, 0.5) is 9.18 Å². The molecule has 4 rings (SSSR count). The fraction of sp³-hybridized carbons (Fsp3) is 0.370. The van der Waals surface area contributed by atoms with Crippen LogP contribution in [0.2, 0.25) is 0 Å². The van der Waals surface area contributed by atoms with Gasteiger partial charge in [0.25, 0.3) is 0 Å². The topological polar surface area (TPSA) is 93.1 Å². The maximum atomic E-state index is 13.8. The molecule has 8 heteroatoms. The van der Waals surface area contributed by atoms with Crippen LogP contribution in [0.15, 0.2) is 42.5 Å². The molecule has 0 aromatic heterocycles. The summed E-state index contributed by atoms with van der Waals surface area (Å²) >= 11 is 0. The number of phenolic OH excluding ortho intramolecular Hbond substituents is 1. The van der Waals surface area contributed by atoms with Crippen LogP contribution in [0.3, 0.4) is 0 Å². The van der Waals surface area contributed by atoms with Crippen molar-refractivity contribution in [3.63, 3.8) is 0 Å². The Labute approximate surface area is 203 Å². The van der Waals surface area contributed by atoms with Crippen LogP contribution in [0.1, 0.15) is 66.3 Å². The van der Waals surface area contributed by atoms with Crippen molar-refractivity contribution in [2.24, 2.45) is 0 Å². The van der Waals surface area contributed by atoms with E-state index in [4.69, 9.17) is 9.47 Å². The van der Waals surface area contributed by atoms with Crippen LogP contribution in [0, 0.1) is 5.82 Å². The molecule has 1 saturated heterocycles. The van der Waals surface area contributed by atoms with Gasteiger partial charge in [-0.1, -0.05) is 18.2 Å². The number of halogens is 1. The number of likely N-dealkylation sites (tertiary alicyclic amines) is 1. The summed E-state index contributed by atoms with van der Waals surface area (Å²) in [6.07, 6.45) is 3.05. The van der Waals surface area contributed by atoms with E-state index in [0.717, 1.165) is 6.08 Å². The van der Waals surface area contributed by atoms with Gasteiger partial charge in [0.2, 0.25) is 0 Å². The number of piperidine rings is 1. The zero-order chi connectivity index (χ0) is 25.4. The summed E-state index contributed by atoms with van der Waals surface area (Å²) in [5.74, 6) is -1.36. The lowest BCUT2D eigenvalue weighted by atomic mass is 9.82. The summed E-state index contributed by atoms with van der Waals surface area (Å²) in [7, 11) is 0. The van der Waals surface area contributed by atoms with E-state index < -0.39 is 28.9 Å². The number of aromatic hydroxyl groups is 1. The number of allylic oxidation sites excluding steroid dienone is 1. The normalized spacial score (nSPS) is 17.3. The molecule has 1 amide bonds. The first kappa shape index (κ1) is 24.4. The number of hydrogen-bond donors (Lipinski definition) is 1. The fourth-order valence-electron chi connectivity index (χ4n) is 4.29. The number of rotatable bonds is 3. The lowest BCUT2D eigenvalue weighted by Gasteiger charge is -2.44. The van der Waals surface area contributed by atoms with E-state index in [1.54, 1.807) is 37.8 Å². The molecule has 0 bridgehead atoms. The Kier molecular flexibility index (Phi) is 6.40. The summed E-state index contributed by atoms with van der Waals surface area (Å²) in [6, 6.07) is 8.60. The van der Waals surface area contributed by atoms with Crippen LogP contribution in [-0.4, -0.2) is 52.0 Å². The summed E-state index contributed by atoms with van der Waals surface area (Å²) in [4.78, 5) is 39.7. The fourth-order valence-corrected chi connectivity index (χ4v) is 4.29. The Morgan fingerprint density at radius 3 is 2.51 bits per heavy atom. The van der Waals surface area contributed by atoms with Gasteiger partial charge in [0.15, 0.2) is 11.6 Å². The highest BCUT2D eigenvalue weighted by Crippen LogP contribution is 2.42. The highest BCUT2D eigenvalue weighted by Gasteiger charge is 2.44. The molecule has 0 saturated carbocycles. The van der Waals surface area contributed by atoms with Gasteiger partial charge in [-0.3, -0.25) is 9.59 Å². The van der Waals surface area contributed by atoms with Crippen LogP contribution >= 0.6 is 0 Å². The molecule has 0 radical (unpaired) electrons. The summed E-state index contributed by atoms with van der Waals surface area (Å²) < 4.78 is 25.4. The Balaban J connectivity index is 1.49. The molecule has 35 heavy (non-hydrogen) atoms. The molecule has 1 N–H and O–H groups in total. The second-order valence-corrected chi connectivity index (χ2v) is 9.94. The standard InChI is InChI=1S/C27H28FNO6/c1-26(2,3)35-25(33)29-12-10-27(11-13-29)16-23(32)19-14-18(22(31)15-24(19)34-27)21(30)9-8-17-6-4-5-7-20(17)28/h4-9,14-15,31H,10-13,16H2,1-3H3/b9-8+. The molecule has 1 fully saturated rings. The Morgan fingerprint density at radius 1 is 1.17 bits per heavy atom. The molecular weight excluding hydrogens is 453 g/mol. The number of carbonyl (C=O) groups is 3. The van der Waals surface area contributed by atoms with Crippen molar-refractivity contribution in [2.75, 3.05) is 13.1 Å². The molecule has 2 aliphatic rings. The molecule has 7 nitrogen and oxygen atoms in total. The molecule has 2 aromatic carbocycles. The number of phenols is 1. The summed E-state index contributed by atoms with van der Waals surface area (Å²) in [5, 5.41) is 10.5. The minimum atomic E-state index is -0.786. The number of nitrogens with zero attached hydrogens (tertiary/aromatic N) is 1. The first-order valence-electron chi connectivity index (χ1n) is 11.5. The number of fused-ring (bicyclic) bond motifs is 1. The van der Waals surface area contributed by atoms with E-state index in [2.05, 4.69) is 0 Å². The van der Waals surface area contributed by atoms with E-state index in [1.807, 2.05) is 0 Å². The zero-order valence-electron chi connectivity index (χ0n) is 20.0. The quantitative estimate of drug-likeness (QED) is 0.481. The van der Waals surface area contributed by atoms with Crippen LogP contribution in [0.25, 0.3) is 6.08 Å². The average molecular weight is 482 g/mol. The highest BCUT2D eigenvalue weighted by atomic mass is 19.1. The first-order chi connectivity index (χ1) is 16.5.